The van der Waals surface area contributed by atoms with E-state index in [1.165, 1.54) is 0 Å². The van der Waals surface area contributed by atoms with Crippen molar-refractivity contribution in [2.24, 2.45) is 0 Å². The molecule has 0 bridgehead atoms. The van der Waals surface area contributed by atoms with Crippen molar-refractivity contribution in [3.63, 3.8) is 0 Å². The molecule has 1 N–H and O–H groups in total. The molecule has 3 rings (SSSR count). The number of carbonyl (C=O) groups is 1. The average molecular weight is 344 g/mol. The number of rotatable bonds is 6. The summed E-state index contributed by atoms with van der Waals surface area (Å²) >= 11 is 6.16. The molecule has 0 unspecified atom stereocenters. The van der Waals surface area contributed by atoms with Crippen molar-refractivity contribution in [1.29, 1.82) is 0 Å². The maximum absolute atomic E-state index is 12.1. The summed E-state index contributed by atoms with van der Waals surface area (Å²) in [6.45, 7) is 3.07. The number of benzene rings is 1. The van der Waals surface area contributed by atoms with Crippen molar-refractivity contribution < 1.29 is 4.79 Å². The van der Waals surface area contributed by atoms with Crippen LogP contribution in [0.5, 0.6) is 0 Å². The highest BCUT2D eigenvalue weighted by Crippen LogP contribution is 2.20. The molecule has 0 aliphatic carbocycles. The summed E-state index contributed by atoms with van der Waals surface area (Å²) in [7, 11) is 0. The highest BCUT2D eigenvalue weighted by molar-refractivity contribution is 6.33. The van der Waals surface area contributed by atoms with Crippen molar-refractivity contribution in [2.75, 3.05) is 5.32 Å². The van der Waals surface area contributed by atoms with Gasteiger partial charge in [-0.1, -0.05) is 41.9 Å². The number of anilines is 1. The lowest BCUT2D eigenvalue weighted by atomic mass is 10.2. The van der Waals surface area contributed by atoms with E-state index in [1.54, 1.807) is 21.8 Å². The molecule has 24 heavy (non-hydrogen) atoms. The number of hydrogen-bond donors (Lipinski definition) is 1. The van der Waals surface area contributed by atoms with Crippen LogP contribution in [-0.4, -0.2) is 25.5 Å². The fourth-order valence-corrected chi connectivity index (χ4v) is 2.57. The normalized spacial score (nSPS) is 10.8. The summed E-state index contributed by atoms with van der Waals surface area (Å²) in [6.07, 6.45) is 3.74. The lowest BCUT2D eigenvalue weighted by Gasteiger charge is -2.05. The summed E-state index contributed by atoms with van der Waals surface area (Å²) in [5.74, 6) is 0.242. The van der Waals surface area contributed by atoms with Gasteiger partial charge in [0.15, 0.2) is 5.82 Å². The molecule has 0 atom stereocenters. The third-order valence-electron chi connectivity index (χ3n) is 3.64. The number of nitrogens with one attached hydrogen (secondary N) is 1. The van der Waals surface area contributed by atoms with Crippen LogP contribution in [0.4, 0.5) is 5.82 Å². The second-order valence-electron chi connectivity index (χ2n) is 5.50. The van der Waals surface area contributed by atoms with Gasteiger partial charge in [0.1, 0.15) is 5.02 Å². The fourth-order valence-electron chi connectivity index (χ4n) is 2.37. The number of amides is 1. The Morgan fingerprint density at radius 2 is 2.04 bits per heavy atom. The third kappa shape index (κ3) is 4.02. The quantitative estimate of drug-likeness (QED) is 0.748. The van der Waals surface area contributed by atoms with E-state index in [-0.39, 0.29) is 5.91 Å². The predicted octanol–water partition coefficient (Wildman–Crippen LogP) is 3.12. The highest BCUT2D eigenvalue weighted by Gasteiger charge is 2.11. The van der Waals surface area contributed by atoms with Crippen molar-refractivity contribution in [3.05, 3.63) is 65.1 Å². The van der Waals surface area contributed by atoms with Gasteiger partial charge < -0.3 is 5.32 Å². The summed E-state index contributed by atoms with van der Waals surface area (Å²) < 4.78 is 3.50. The Morgan fingerprint density at radius 1 is 1.25 bits per heavy atom. The first-order valence-electron chi connectivity index (χ1n) is 7.67. The van der Waals surface area contributed by atoms with Crippen molar-refractivity contribution in [2.45, 2.75) is 26.4 Å². The van der Waals surface area contributed by atoms with Crippen molar-refractivity contribution in [1.82, 2.24) is 19.6 Å². The van der Waals surface area contributed by atoms with Gasteiger partial charge in [0.2, 0.25) is 5.91 Å². The van der Waals surface area contributed by atoms with Crippen LogP contribution >= 0.6 is 11.6 Å². The first-order valence-corrected chi connectivity index (χ1v) is 8.05. The van der Waals surface area contributed by atoms with Gasteiger partial charge >= 0.3 is 0 Å². The zero-order valence-electron chi connectivity index (χ0n) is 13.3. The van der Waals surface area contributed by atoms with E-state index < -0.39 is 0 Å². The molecule has 0 saturated heterocycles. The van der Waals surface area contributed by atoms with Gasteiger partial charge in [-0.25, -0.2) is 0 Å². The Morgan fingerprint density at radius 3 is 2.75 bits per heavy atom. The largest absolute Gasteiger partial charge is 0.308 e. The topological polar surface area (TPSA) is 64.7 Å². The van der Waals surface area contributed by atoms with Crippen LogP contribution in [0.2, 0.25) is 5.02 Å². The van der Waals surface area contributed by atoms with Gasteiger partial charge in [0, 0.05) is 31.1 Å². The Hall–Kier alpha value is -2.60. The zero-order chi connectivity index (χ0) is 16.9. The molecule has 2 aromatic heterocycles. The molecule has 1 amide bonds. The molecular formula is C17H18ClN5O. The van der Waals surface area contributed by atoms with Crippen molar-refractivity contribution >= 4 is 23.3 Å². The fraction of sp³-hybridized carbons (Fsp3) is 0.235. The standard InChI is InChI=1S/C17H18ClN5O/c1-13-7-9-19-23(13)10-8-16(24)20-17-15(18)12-22(21-17)11-14-5-3-2-4-6-14/h2-7,9,12H,8,10-11H2,1H3,(H,20,21,24). The lowest BCUT2D eigenvalue weighted by Crippen LogP contribution is -2.16. The molecule has 3 aromatic rings. The van der Waals surface area contributed by atoms with Crippen LogP contribution in [0.3, 0.4) is 0 Å². The highest BCUT2D eigenvalue weighted by atomic mass is 35.5. The minimum Gasteiger partial charge on any atom is -0.308 e. The number of hydrogen-bond acceptors (Lipinski definition) is 3. The predicted molar refractivity (Wildman–Crippen MR) is 93.0 cm³/mol. The minimum absolute atomic E-state index is 0.142. The second kappa shape index (κ2) is 7.31. The van der Waals surface area contributed by atoms with E-state index in [1.807, 2.05) is 43.3 Å². The van der Waals surface area contributed by atoms with Crippen LogP contribution < -0.4 is 5.32 Å². The first kappa shape index (κ1) is 16.3. The number of halogens is 1. The number of aryl methyl sites for hydroxylation is 2. The van der Waals surface area contributed by atoms with E-state index >= 15 is 0 Å². The summed E-state index contributed by atoms with van der Waals surface area (Å²) in [5.41, 5.74) is 2.14. The van der Waals surface area contributed by atoms with Gasteiger partial charge in [-0.3, -0.25) is 14.2 Å². The zero-order valence-corrected chi connectivity index (χ0v) is 14.1. The van der Waals surface area contributed by atoms with Crippen LogP contribution in [0.15, 0.2) is 48.8 Å². The second-order valence-corrected chi connectivity index (χ2v) is 5.91. The molecule has 0 aliphatic rings. The van der Waals surface area contributed by atoms with Gasteiger partial charge in [-0.2, -0.15) is 10.2 Å². The smallest absolute Gasteiger partial charge is 0.227 e. The molecule has 124 valence electrons. The van der Waals surface area contributed by atoms with E-state index in [0.717, 1.165) is 11.3 Å². The third-order valence-corrected chi connectivity index (χ3v) is 3.92. The van der Waals surface area contributed by atoms with Gasteiger partial charge in [-0.05, 0) is 18.6 Å². The number of nitrogens with zero attached hydrogens (tertiary/aromatic N) is 4. The number of aromatic nitrogens is 4. The van der Waals surface area contributed by atoms with Crippen LogP contribution in [-0.2, 0) is 17.9 Å². The summed E-state index contributed by atoms with van der Waals surface area (Å²) in [6, 6.07) is 11.8. The SMILES string of the molecule is Cc1ccnn1CCC(=O)Nc1nn(Cc2ccccc2)cc1Cl. The molecule has 1 aromatic carbocycles. The van der Waals surface area contributed by atoms with Gasteiger partial charge in [0.25, 0.3) is 0 Å². The summed E-state index contributed by atoms with van der Waals surface area (Å²) in [5, 5.41) is 11.7. The monoisotopic (exact) mass is 343 g/mol. The lowest BCUT2D eigenvalue weighted by molar-refractivity contribution is -0.116. The Kier molecular flexibility index (Phi) is 4.96. The Bertz CT molecular complexity index is 825. The molecule has 0 aliphatic heterocycles. The van der Waals surface area contributed by atoms with E-state index in [9.17, 15) is 4.79 Å². The van der Waals surface area contributed by atoms with E-state index in [2.05, 4.69) is 15.5 Å². The van der Waals surface area contributed by atoms with Gasteiger partial charge in [-0.15, -0.1) is 0 Å². The van der Waals surface area contributed by atoms with Crippen LogP contribution in [0.1, 0.15) is 17.7 Å². The van der Waals surface area contributed by atoms with Crippen LogP contribution in [0, 0.1) is 6.92 Å². The molecule has 2 heterocycles. The van der Waals surface area contributed by atoms with Crippen LogP contribution in [0.25, 0.3) is 0 Å². The molecule has 7 heteroatoms. The van der Waals surface area contributed by atoms with Crippen molar-refractivity contribution in [3.8, 4) is 0 Å². The Balaban J connectivity index is 1.59. The Labute approximate surface area is 145 Å². The molecule has 0 saturated carbocycles. The number of carbonyl (C=O) groups excluding carboxylic acids is 1. The maximum atomic E-state index is 12.1. The van der Waals surface area contributed by atoms with E-state index in [0.29, 0.717) is 30.4 Å². The van der Waals surface area contributed by atoms with Gasteiger partial charge in [0.05, 0.1) is 6.54 Å². The summed E-state index contributed by atoms with van der Waals surface area (Å²) in [4.78, 5) is 12.1. The molecule has 0 spiro atoms. The molecular weight excluding hydrogens is 326 g/mol. The molecule has 0 radical (unpaired) electrons. The molecule has 0 fully saturated rings. The average Bonchev–Trinajstić information content (AvgIpc) is 3.12. The molecule has 6 nitrogen and oxygen atoms in total. The maximum Gasteiger partial charge on any atom is 0.227 e. The van der Waals surface area contributed by atoms with E-state index in [4.69, 9.17) is 11.6 Å². The first-order chi connectivity index (χ1) is 11.6. The minimum atomic E-state index is -0.142.